The van der Waals surface area contributed by atoms with Crippen LogP contribution in [0.25, 0.3) is 0 Å². The average molecular weight is 329 g/mol. The Morgan fingerprint density at radius 3 is 2.61 bits per heavy atom. The highest BCUT2D eigenvalue weighted by Gasteiger charge is 2.30. The Hall–Kier alpha value is -1.93. The number of carbonyl (C=O) groups excluding carboxylic acids is 1. The van der Waals surface area contributed by atoms with Gasteiger partial charge in [0.2, 0.25) is 5.91 Å². The summed E-state index contributed by atoms with van der Waals surface area (Å²) in [6, 6.07) is 8.02. The minimum Gasteiger partial charge on any atom is -0.348 e. The lowest BCUT2D eigenvalue weighted by atomic mass is 9.98. The molecule has 122 valence electrons. The number of nitrogens with zero attached hydrogens (tertiary/aromatic N) is 2. The molecule has 1 amide bonds. The number of nitrogens with one attached hydrogen (secondary N) is 1. The Morgan fingerprint density at radius 1 is 1.39 bits per heavy atom. The second-order valence-electron chi connectivity index (χ2n) is 6.38. The van der Waals surface area contributed by atoms with Crippen LogP contribution < -0.4 is 5.32 Å². The van der Waals surface area contributed by atoms with Gasteiger partial charge >= 0.3 is 0 Å². The lowest BCUT2D eigenvalue weighted by molar-refractivity contribution is -0.133. The summed E-state index contributed by atoms with van der Waals surface area (Å²) in [6.45, 7) is 7.62. The molecule has 0 radical (unpaired) electrons. The first-order chi connectivity index (χ1) is 10.9. The van der Waals surface area contributed by atoms with E-state index in [9.17, 15) is 10.1 Å². The van der Waals surface area contributed by atoms with Crippen LogP contribution in [0.1, 0.15) is 30.9 Å². The average Bonchev–Trinajstić information content (AvgIpc) is 2.51. The molecule has 1 saturated heterocycles. The first kappa shape index (κ1) is 17.4. The molecular weight excluding hydrogens is 306 g/mol. The number of aryl methyl sites for hydroxylation is 2. The van der Waals surface area contributed by atoms with Crippen LogP contribution in [-0.2, 0) is 4.79 Å². The molecule has 23 heavy (non-hydrogen) atoms. The monoisotopic (exact) mass is 329 g/mol. The van der Waals surface area contributed by atoms with Crippen molar-refractivity contribution >= 4 is 28.8 Å². The van der Waals surface area contributed by atoms with Crippen molar-refractivity contribution in [2.75, 3.05) is 18.4 Å². The number of nitriles is 1. The van der Waals surface area contributed by atoms with Gasteiger partial charge in [0.25, 0.3) is 0 Å². The summed E-state index contributed by atoms with van der Waals surface area (Å²) in [5, 5.41) is 12.5. The minimum absolute atomic E-state index is 0.179. The zero-order chi connectivity index (χ0) is 17.0. The van der Waals surface area contributed by atoms with Crippen molar-refractivity contribution in [3.05, 3.63) is 29.3 Å². The predicted molar refractivity (Wildman–Crippen MR) is 96.2 cm³/mol. The molecule has 1 fully saturated rings. The molecule has 0 aliphatic carbocycles. The quantitative estimate of drug-likeness (QED) is 0.863. The molecule has 4 nitrogen and oxygen atoms in total. The van der Waals surface area contributed by atoms with Crippen molar-refractivity contribution in [1.29, 1.82) is 5.26 Å². The number of anilines is 1. The zero-order valence-electron chi connectivity index (χ0n) is 13.9. The Balaban J connectivity index is 2.06. The summed E-state index contributed by atoms with van der Waals surface area (Å²) >= 11 is 5.34. The Labute approximate surface area is 143 Å². The molecule has 1 aromatic rings. The first-order valence-corrected chi connectivity index (χ1v) is 8.39. The molecule has 0 saturated carbocycles. The van der Waals surface area contributed by atoms with Gasteiger partial charge in [0.15, 0.2) is 5.92 Å². The van der Waals surface area contributed by atoms with Crippen LogP contribution in [0.3, 0.4) is 0 Å². The number of piperidine rings is 1. The molecule has 1 heterocycles. The molecule has 2 rings (SSSR count). The van der Waals surface area contributed by atoms with Gasteiger partial charge in [0.05, 0.1) is 6.07 Å². The first-order valence-electron chi connectivity index (χ1n) is 7.99. The Bertz CT molecular complexity index is 642. The van der Waals surface area contributed by atoms with Crippen LogP contribution in [0, 0.1) is 37.0 Å². The number of rotatable bonds is 3. The van der Waals surface area contributed by atoms with Gasteiger partial charge in [-0.1, -0.05) is 36.8 Å². The van der Waals surface area contributed by atoms with Crippen LogP contribution in [0.15, 0.2) is 18.2 Å². The fraction of sp³-hybridized carbons (Fsp3) is 0.500. The molecule has 1 N–H and O–H groups in total. The molecule has 0 unspecified atom stereocenters. The molecule has 1 aliphatic rings. The lowest BCUT2D eigenvalue weighted by Crippen LogP contribution is -2.44. The van der Waals surface area contributed by atoms with Crippen LogP contribution >= 0.6 is 12.2 Å². The van der Waals surface area contributed by atoms with Crippen molar-refractivity contribution in [2.24, 2.45) is 11.8 Å². The molecule has 1 aliphatic heterocycles. The summed E-state index contributed by atoms with van der Waals surface area (Å²) in [6.07, 6.45) is 1.97. The molecule has 0 bridgehead atoms. The van der Waals surface area contributed by atoms with Crippen molar-refractivity contribution in [3.63, 3.8) is 0 Å². The van der Waals surface area contributed by atoms with Crippen LogP contribution in [-0.4, -0.2) is 28.9 Å². The topological polar surface area (TPSA) is 56.1 Å². The summed E-state index contributed by atoms with van der Waals surface area (Å²) < 4.78 is 0. The van der Waals surface area contributed by atoms with Gasteiger partial charge in [0.1, 0.15) is 4.99 Å². The molecular formula is C18H23N3OS. The van der Waals surface area contributed by atoms with E-state index in [0.717, 1.165) is 29.7 Å². The number of hydrogen-bond acceptors (Lipinski definition) is 3. The normalized spacial score (nSPS) is 16.5. The van der Waals surface area contributed by atoms with E-state index in [-0.39, 0.29) is 10.9 Å². The highest BCUT2D eigenvalue weighted by atomic mass is 32.1. The van der Waals surface area contributed by atoms with Gasteiger partial charge in [-0.25, -0.2) is 0 Å². The van der Waals surface area contributed by atoms with E-state index in [0.29, 0.717) is 19.0 Å². The SMILES string of the molecule is Cc1ccc(NC(=S)[C@@H](C#N)C(=O)N2CCC(C)CC2)c(C)c1. The zero-order valence-corrected chi connectivity index (χ0v) is 14.7. The van der Waals surface area contributed by atoms with Gasteiger partial charge in [0, 0.05) is 18.8 Å². The fourth-order valence-electron chi connectivity index (χ4n) is 2.80. The van der Waals surface area contributed by atoms with Crippen LogP contribution in [0.5, 0.6) is 0 Å². The maximum atomic E-state index is 12.6. The van der Waals surface area contributed by atoms with Crippen molar-refractivity contribution in [2.45, 2.75) is 33.6 Å². The second-order valence-corrected chi connectivity index (χ2v) is 6.82. The smallest absolute Gasteiger partial charge is 0.246 e. The van der Waals surface area contributed by atoms with Gasteiger partial charge in [-0.05, 0) is 44.2 Å². The number of thiocarbonyl (C=S) groups is 1. The van der Waals surface area contributed by atoms with E-state index in [1.54, 1.807) is 4.90 Å². The van der Waals surface area contributed by atoms with Gasteiger partial charge in [-0.15, -0.1) is 0 Å². The summed E-state index contributed by atoms with van der Waals surface area (Å²) in [5.74, 6) is -0.458. The van der Waals surface area contributed by atoms with E-state index in [1.807, 2.05) is 32.0 Å². The van der Waals surface area contributed by atoms with E-state index in [2.05, 4.69) is 18.3 Å². The molecule has 0 spiro atoms. The van der Waals surface area contributed by atoms with Gasteiger partial charge < -0.3 is 10.2 Å². The van der Waals surface area contributed by atoms with E-state index in [1.165, 1.54) is 0 Å². The fourth-order valence-corrected chi connectivity index (χ4v) is 3.06. The van der Waals surface area contributed by atoms with Gasteiger partial charge in [-0.2, -0.15) is 5.26 Å². The largest absolute Gasteiger partial charge is 0.348 e. The van der Waals surface area contributed by atoms with Crippen molar-refractivity contribution in [1.82, 2.24) is 4.90 Å². The predicted octanol–water partition coefficient (Wildman–Crippen LogP) is 3.44. The number of hydrogen-bond donors (Lipinski definition) is 1. The van der Waals surface area contributed by atoms with Crippen molar-refractivity contribution < 1.29 is 4.79 Å². The second kappa shape index (κ2) is 7.56. The molecule has 1 aromatic carbocycles. The molecule has 1 atom stereocenters. The number of amides is 1. The van der Waals surface area contributed by atoms with E-state index >= 15 is 0 Å². The maximum absolute atomic E-state index is 12.6. The van der Waals surface area contributed by atoms with E-state index in [4.69, 9.17) is 12.2 Å². The van der Waals surface area contributed by atoms with Crippen LogP contribution in [0.4, 0.5) is 5.69 Å². The third-order valence-electron chi connectivity index (χ3n) is 4.37. The van der Waals surface area contributed by atoms with E-state index < -0.39 is 5.92 Å². The Kier molecular flexibility index (Phi) is 5.73. The summed E-state index contributed by atoms with van der Waals surface area (Å²) in [7, 11) is 0. The maximum Gasteiger partial charge on any atom is 0.246 e. The highest BCUT2D eigenvalue weighted by Crippen LogP contribution is 2.20. The van der Waals surface area contributed by atoms with Gasteiger partial charge in [-0.3, -0.25) is 4.79 Å². The number of carbonyl (C=O) groups is 1. The number of likely N-dealkylation sites (tertiary alicyclic amines) is 1. The van der Waals surface area contributed by atoms with Crippen LogP contribution in [0.2, 0.25) is 0 Å². The Morgan fingerprint density at radius 2 is 2.04 bits per heavy atom. The minimum atomic E-state index is -0.917. The molecule has 5 heteroatoms. The number of benzene rings is 1. The lowest BCUT2D eigenvalue weighted by Gasteiger charge is -2.31. The molecule has 0 aromatic heterocycles. The van der Waals surface area contributed by atoms with Crippen molar-refractivity contribution in [3.8, 4) is 6.07 Å². The third-order valence-corrected chi connectivity index (χ3v) is 4.71. The summed E-state index contributed by atoms with van der Waals surface area (Å²) in [4.78, 5) is 14.6. The standard InChI is InChI=1S/C18H23N3OS/c1-12-6-8-21(9-7-12)18(22)15(11-19)17(23)20-16-5-4-13(2)10-14(16)3/h4-5,10,12,15H,6-9H2,1-3H3,(H,20,23)/t15-/m1/s1. The third kappa shape index (κ3) is 4.29. The highest BCUT2D eigenvalue weighted by molar-refractivity contribution is 7.80. The summed E-state index contributed by atoms with van der Waals surface area (Å²) in [5.41, 5.74) is 3.05.